The zero-order chi connectivity index (χ0) is 18.6. The van der Waals surface area contributed by atoms with E-state index in [0.29, 0.717) is 11.1 Å². The molecule has 0 saturated heterocycles. The fourth-order valence-electron chi connectivity index (χ4n) is 2.23. The number of nitrogens with zero attached hydrogens (tertiary/aromatic N) is 3. The highest BCUT2D eigenvalue weighted by Gasteiger charge is 2.25. The number of rotatable bonds is 6. The Labute approximate surface area is 145 Å². The Morgan fingerprint density at radius 3 is 2.60 bits per heavy atom. The number of benzene rings is 2. The van der Waals surface area contributed by atoms with Crippen molar-refractivity contribution in [1.82, 2.24) is 4.31 Å². The summed E-state index contributed by atoms with van der Waals surface area (Å²) in [6.45, 7) is 0.0255. The molecule has 0 aliphatic carbocycles. The largest absolute Gasteiger partial charge is 0.490 e. The highest BCUT2D eigenvalue weighted by molar-refractivity contribution is 7.89. The molecule has 0 saturated carbocycles. The lowest BCUT2D eigenvalue weighted by Gasteiger charge is -2.17. The van der Waals surface area contributed by atoms with Gasteiger partial charge in [-0.25, -0.2) is 8.42 Å². The first-order chi connectivity index (χ1) is 11.8. The highest BCUT2D eigenvalue weighted by atomic mass is 32.2. The summed E-state index contributed by atoms with van der Waals surface area (Å²) < 4.78 is 31.3. The van der Waals surface area contributed by atoms with E-state index in [2.05, 4.69) is 0 Å². The number of hydrogen-bond acceptors (Lipinski definition) is 6. The second kappa shape index (κ2) is 7.29. The van der Waals surface area contributed by atoms with Gasteiger partial charge in [-0.3, -0.25) is 10.1 Å². The second-order valence-corrected chi connectivity index (χ2v) is 7.21. The van der Waals surface area contributed by atoms with E-state index in [9.17, 15) is 18.5 Å². The van der Waals surface area contributed by atoms with E-state index in [4.69, 9.17) is 10.00 Å². The minimum atomic E-state index is -3.95. The highest BCUT2D eigenvalue weighted by Crippen LogP contribution is 2.30. The van der Waals surface area contributed by atoms with Gasteiger partial charge in [0.15, 0.2) is 5.75 Å². The average molecular weight is 361 g/mol. The molecule has 0 amide bonds. The van der Waals surface area contributed by atoms with Gasteiger partial charge in [-0.2, -0.15) is 9.57 Å². The lowest BCUT2D eigenvalue weighted by molar-refractivity contribution is -0.386. The van der Waals surface area contributed by atoms with Crippen LogP contribution in [0.4, 0.5) is 5.69 Å². The number of nitro groups is 1. The molecule has 8 nitrogen and oxygen atoms in total. The van der Waals surface area contributed by atoms with Gasteiger partial charge >= 0.3 is 5.69 Å². The number of methoxy groups -OCH3 is 1. The van der Waals surface area contributed by atoms with Gasteiger partial charge in [0.2, 0.25) is 10.0 Å². The lowest BCUT2D eigenvalue weighted by atomic mass is 10.1. The van der Waals surface area contributed by atoms with Crippen molar-refractivity contribution < 1.29 is 18.1 Å². The van der Waals surface area contributed by atoms with Crippen LogP contribution in [0.2, 0.25) is 0 Å². The zero-order valence-electron chi connectivity index (χ0n) is 13.5. The van der Waals surface area contributed by atoms with E-state index in [1.165, 1.54) is 26.3 Å². The quantitative estimate of drug-likeness (QED) is 0.576. The molecule has 0 aromatic heterocycles. The topological polar surface area (TPSA) is 114 Å². The summed E-state index contributed by atoms with van der Waals surface area (Å²) in [6, 6.07) is 12.0. The van der Waals surface area contributed by atoms with Gasteiger partial charge in [-0.15, -0.1) is 0 Å². The molecule has 2 rings (SSSR count). The van der Waals surface area contributed by atoms with Crippen molar-refractivity contribution >= 4 is 15.7 Å². The summed E-state index contributed by atoms with van der Waals surface area (Å²) in [5.74, 6) is -0.0201. The van der Waals surface area contributed by atoms with Crippen LogP contribution in [0.1, 0.15) is 11.1 Å². The maximum atomic E-state index is 12.7. The monoisotopic (exact) mass is 361 g/mol. The summed E-state index contributed by atoms with van der Waals surface area (Å²) in [5, 5.41) is 20.0. The Morgan fingerprint density at radius 1 is 1.28 bits per heavy atom. The van der Waals surface area contributed by atoms with Gasteiger partial charge in [0.25, 0.3) is 0 Å². The fraction of sp³-hybridized carbons (Fsp3) is 0.188. The minimum Gasteiger partial charge on any atom is -0.490 e. The molecule has 0 fully saturated rings. The molecule has 0 radical (unpaired) electrons. The van der Waals surface area contributed by atoms with Gasteiger partial charge in [0, 0.05) is 19.7 Å². The van der Waals surface area contributed by atoms with Crippen LogP contribution in [-0.2, 0) is 16.6 Å². The Hall–Kier alpha value is -2.96. The van der Waals surface area contributed by atoms with E-state index in [1.807, 2.05) is 6.07 Å². The van der Waals surface area contributed by atoms with Gasteiger partial charge < -0.3 is 4.74 Å². The Morgan fingerprint density at radius 2 is 2.00 bits per heavy atom. The van der Waals surface area contributed by atoms with Crippen molar-refractivity contribution in [3.05, 3.63) is 63.7 Å². The summed E-state index contributed by atoms with van der Waals surface area (Å²) >= 11 is 0. The van der Waals surface area contributed by atoms with E-state index in [0.717, 1.165) is 10.4 Å². The third-order valence-corrected chi connectivity index (χ3v) is 5.32. The molecule has 130 valence electrons. The number of ether oxygens (including phenoxy) is 1. The molecule has 0 unspecified atom stereocenters. The summed E-state index contributed by atoms with van der Waals surface area (Å²) in [7, 11) is -1.31. The third-order valence-electron chi connectivity index (χ3n) is 3.52. The summed E-state index contributed by atoms with van der Waals surface area (Å²) in [5.41, 5.74) is 0.625. The summed E-state index contributed by atoms with van der Waals surface area (Å²) in [4.78, 5) is 10.2. The molecule has 9 heteroatoms. The van der Waals surface area contributed by atoms with Crippen LogP contribution in [0.5, 0.6) is 5.75 Å². The van der Waals surface area contributed by atoms with Crippen LogP contribution in [0.3, 0.4) is 0 Å². The van der Waals surface area contributed by atoms with Crippen molar-refractivity contribution in [1.29, 1.82) is 5.26 Å². The maximum Gasteiger partial charge on any atom is 0.312 e. The minimum absolute atomic E-state index is 0.0201. The van der Waals surface area contributed by atoms with Crippen LogP contribution in [0.25, 0.3) is 0 Å². The van der Waals surface area contributed by atoms with Crippen molar-refractivity contribution in [3.8, 4) is 11.8 Å². The molecule has 0 heterocycles. The van der Waals surface area contributed by atoms with Gasteiger partial charge in [0.05, 0.1) is 28.6 Å². The SMILES string of the molecule is COc1ccc(S(=O)(=O)N(C)Cc2cccc(C#N)c2)cc1[N+](=O)[O-]. The van der Waals surface area contributed by atoms with Crippen LogP contribution in [-0.4, -0.2) is 31.8 Å². The van der Waals surface area contributed by atoms with Crippen LogP contribution < -0.4 is 4.74 Å². The first-order valence-corrected chi connectivity index (χ1v) is 8.51. The standard InChI is InChI=1S/C16H15N3O5S/c1-18(11-13-5-3-4-12(8-13)10-17)25(22,23)14-6-7-16(24-2)15(9-14)19(20)21/h3-9H,11H2,1-2H3. The number of nitro benzene ring substituents is 1. The van der Waals surface area contributed by atoms with Crippen molar-refractivity contribution in [3.63, 3.8) is 0 Å². The van der Waals surface area contributed by atoms with Gasteiger partial charge in [-0.05, 0) is 29.8 Å². The molecule has 2 aromatic carbocycles. The molecule has 25 heavy (non-hydrogen) atoms. The fourth-order valence-corrected chi connectivity index (χ4v) is 3.41. The molecule has 2 aromatic rings. The smallest absolute Gasteiger partial charge is 0.312 e. The normalized spacial score (nSPS) is 11.1. The van der Waals surface area contributed by atoms with Crippen LogP contribution in [0, 0.1) is 21.4 Å². The average Bonchev–Trinajstić information content (AvgIpc) is 2.61. The summed E-state index contributed by atoms with van der Waals surface area (Å²) in [6.07, 6.45) is 0. The molecule has 0 aliphatic heterocycles. The van der Waals surface area contributed by atoms with Crippen molar-refractivity contribution in [2.75, 3.05) is 14.2 Å². The van der Waals surface area contributed by atoms with E-state index < -0.39 is 20.6 Å². The van der Waals surface area contributed by atoms with Crippen molar-refractivity contribution in [2.45, 2.75) is 11.4 Å². The first kappa shape index (κ1) is 18.4. The maximum absolute atomic E-state index is 12.7. The Kier molecular flexibility index (Phi) is 5.36. The molecule has 0 spiro atoms. The van der Waals surface area contributed by atoms with Gasteiger partial charge in [0.1, 0.15) is 0 Å². The van der Waals surface area contributed by atoms with E-state index in [-0.39, 0.29) is 17.2 Å². The third kappa shape index (κ3) is 3.93. The first-order valence-electron chi connectivity index (χ1n) is 7.07. The molecular weight excluding hydrogens is 346 g/mol. The predicted octanol–water partition coefficient (Wildman–Crippen LogP) is 2.30. The Bertz CT molecular complexity index is 950. The number of hydrogen-bond donors (Lipinski definition) is 0. The molecule has 0 atom stereocenters. The second-order valence-electron chi connectivity index (χ2n) is 5.16. The Balaban J connectivity index is 2.35. The molecule has 0 N–H and O–H groups in total. The molecular formula is C16H15N3O5S. The van der Waals surface area contributed by atoms with E-state index in [1.54, 1.807) is 24.3 Å². The van der Waals surface area contributed by atoms with Crippen LogP contribution in [0.15, 0.2) is 47.4 Å². The molecule has 0 bridgehead atoms. The van der Waals surface area contributed by atoms with Crippen LogP contribution >= 0.6 is 0 Å². The zero-order valence-corrected chi connectivity index (χ0v) is 14.4. The van der Waals surface area contributed by atoms with E-state index >= 15 is 0 Å². The molecule has 0 aliphatic rings. The predicted molar refractivity (Wildman–Crippen MR) is 89.5 cm³/mol. The number of sulfonamides is 1. The van der Waals surface area contributed by atoms with Gasteiger partial charge in [-0.1, -0.05) is 12.1 Å². The number of nitriles is 1. The van der Waals surface area contributed by atoms with Crippen molar-refractivity contribution in [2.24, 2.45) is 0 Å². The lowest BCUT2D eigenvalue weighted by Crippen LogP contribution is -2.26.